The Morgan fingerprint density at radius 3 is 2.80 bits per heavy atom. The van der Waals surface area contributed by atoms with Gasteiger partial charge >= 0.3 is 0 Å². The van der Waals surface area contributed by atoms with E-state index in [0.717, 1.165) is 18.7 Å². The molecule has 0 fully saturated rings. The van der Waals surface area contributed by atoms with Crippen LogP contribution in [0.3, 0.4) is 0 Å². The smallest absolute Gasteiger partial charge is 0.142 e. The molecule has 1 aromatic carbocycles. The molecule has 0 aliphatic heterocycles. The Morgan fingerprint density at radius 1 is 1.35 bits per heavy atom. The summed E-state index contributed by atoms with van der Waals surface area (Å²) >= 11 is 0. The van der Waals surface area contributed by atoms with Gasteiger partial charge in [-0.05, 0) is 38.0 Å². The van der Waals surface area contributed by atoms with Crippen molar-refractivity contribution in [1.29, 1.82) is 0 Å². The first-order valence-corrected chi connectivity index (χ1v) is 7.10. The number of nitrogens with one attached hydrogen (secondary N) is 1. The van der Waals surface area contributed by atoms with Crippen LogP contribution in [0.15, 0.2) is 18.2 Å². The molecular weight excluding hydrogens is 256 g/mol. The van der Waals surface area contributed by atoms with Crippen molar-refractivity contribution in [2.75, 3.05) is 38.7 Å². The van der Waals surface area contributed by atoms with E-state index in [1.54, 1.807) is 0 Å². The highest BCUT2D eigenvalue weighted by atomic mass is 16.5. The van der Waals surface area contributed by atoms with Crippen LogP contribution in [0.1, 0.15) is 19.4 Å². The monoisotopic (exact) mass is 282 g/mol. The van der Waals surface area contributed by atoms with Crippen LogP contribution in [-0.4, -0.2) is 44.1 Å². The molecule has 0 saturated heterocycles. The quantitative estimate of drug-likeness (QED) is 0.444. The van der Waals surface area contributed by atoms with Crippen molar-refractivity contribution in [2.24, 2.45) is 0 Å². The molecule has 0 aliphatic carbocycles. The normalized spacial score (nSPS) is 12.3. The Bertz CT molecular complexity index is 385. The predicted molar refractivity (Wildman–Crippen MR) is 81.1 cm³/mol. The van der Waals surface area contributed by atoms with Gasteiger partial charge in [0, 0.05) is 12.6 Å². The summed E-state index contributed by atoms with van der Waals surface area (Å²) in [5.74, 6) is 0.745. The summed E-state index contributed by atoms with van der Waals surface area (Å²) in [6.07, 6.45) is 0.899. The summed E-state index contributed by atoms with van der Waals surface area (Å²) in [6, 6.07) is 6.27. The van der Waals surface area contributed by atoms with Crippen LogP contribution in [0.4, 0.5) is 5.69 Å². The van der Waals surface area contributed by atoms with E-state index in [1.807, 2.05) is 25.1 Å². The van der Waals surface area contributed by atoms with E-state index in [9.17, 15) is 0 Å². The largest absolute Gasteiger partial charge is 0.492 e. The van der Waals surface area contributed by atoms with Gasteiger partial charge in [-0.25, -0.2) is 0 Å². The first-order valence-electron chi connectivity index (χ1n) is 7.10. The van der Waals surface area contributed by atoms with Crippen molar-refractivity contribution in [2.45, 2.75) is 26.3 Å². The Balaban J connectivity index is 2.34. The molecule has 0 bridgehead atoms. The van der Waals surface area contributed by atoms with E-state index < -0.39 is 0 Å². The van der Waals surface area contributed by atoms with Gasteiger partial charge < -0.3 is 25.6 Å². The lowest BCUT2D eigenvalue weighted by Gasteiger charge is -2.15. The van der Waals surface area contributed by atoms with Gasteiger partial charge in [0.1, 0.15) is 5.75 Å². The highest BCUT2D eigenvalue weighted by Gasteiger charge is 2.06. The van der Waals surface area contributed by atoms with Gasteiger partial charge in [-0.2, -0.15) is 0 Å². The zero-order valence-electron chi connectivity index (χ0n) is 12.4. The summed E-state index contributed by atoms with van der Waals surface area (Å²) in [6.45, 7) is 6.53. The third-order valence-electron chi connectivity index (χ3n) is 2.89. The van der Waals surface area contributed by atoms with E-state index in [1.165, 1.54) is 5.56 Å². The molecule has 0 spiro atoms. The number of hydrogen-bond acceptors (Lipinski definition) is 5. The van der Waals surface area contributed by atoms with Gasteiger partial charge in [-0.3, -0.25) is 0 Å². The highest BCUT2D eigenvalue weighted by molar-refractivity contribution is 5.54. The molecule has 0 saturated carbocycles. The molecule has 20 heavy (non-hydrogen) atoms. The number of aliphatic hydroxyl groups is 1. The zero-order valence-corrected chi connectivity index (χ0v) is 12.4. The molecule has 5 heteroatoms. The van der Waals surface area contributed by atoms with Crippen LogP contribution in [-0.2, 0) is 11.2 Å². The predicted octanol–water partition coefficient (Wildman–Crippen LogP) is 1.20. The minimum absolute atomic E-state index is 0.0704. The van der Waals surface area contributed by atoms with Crippen molar-refractivity contribution in [3.05, 3.63) is 23.8 Å². The van der Waals surface area contributed by atoms with Crippen molar-refractivity contribution < 1.29 is 14.6 Å². The molecule has 0 radical (unpaired) electrons. The molecular formula is C15H26N2O3. The van der Waals surface area contributed by atoms with E-state index in [4.69, 9.17) is 20.3 Å². The number of benzene rings is 1. The van der Waals surface area contributed by atoms with Crippen LogP contribution < -0.4 is 15.8 Å². The van der Waals surface area contributed by atoms with E-state index in [2.05, 4.69) is 12.2 Å². The van der Waals surface area contributed by atoms with Gasteiger partial charge in [0.15, 0.2) is 0 Å². The highest BCUT2D eigenvalue weighted by Crippen LogP contribution is 2.23. The fraction of sp³-hybridized carbons (Fsp3) is 0.600. The first-order chi connectivity index (χ1) is 9.67. The van der Waals surface area contributed by atoms with Crippen molar-refractivity contribution in [3.8, 4) is 5.75 Å². The standard InChI is InChI=1S/C15H26N2O3/c1-3-20-15-5-4-13(11-14(15)16)10-12(2)17-6-8-19-9-7-18/h4-5,11-12,17-18H,3,6-10,16H2,1-2H3. The van der Waals surface area contributed by atoms with Gasteiger partial charge in [0.05, 0.1) is 32.1 Å². The zero-order chi connectivity index (χ0) is 14.8. The number of hydrogen-bond donors (Lipinski definition) is 3. The second kappa shape index (κ2) is 9.58. The van der Waals surface area contributed by atoms with Crippen LogP contribution in [0, 0.1) is 0 Å². The van der Waals surface area contributed by atoms with E-state index >= 15 is 0 Å². The molecule has 1 aromatic rings. The maximum Gasteiger partial charge on any atom is 0.142 e. The van der Waals surface area contributed by atoms with Crippen LogP contribution in [0.25, 0.3) is 0 Å². The second-order valence-electron chi connectivity index (χ2n) is 4.70. The number of anilines is 1. The number of aliphatic hydroxyl groups excluding tert-OH is 1. The fourth-order valence-electron chi connectivity index (χ4n) is 1.98. The van der Waals surface area contributed by atoms with Crippen LogP contribution in [0.5, 0.6) is 5.75 Å². The number of nitrogen functional groups attached to an aromatic ring is 1. The lowest BCUT2D eigenvalue weighted by molar-refractivity contribution is 0.0928. The average Bonchev–Trinajstić information content (AvgIpc) is 2.42. The minimum Gasteiger partial charge on any atom is -0.492 e. The third-order valence-corrected chi connectivity index (χ3v) is 2.89. The Kier molecular flexibility index (Phi) is 8.02. The molecule has 0 amide bonds. The summed E-state index contributed by atoms with van der Waals surface area (Å²) in [5, 5.41) is 12.0. The second-order valence-corrected chi connectivity index (χ2v) is 4.70. The molecule has 1 unspecified atom stereocenters. The molecule has 0 heterocycles. The molecule has 4 N–H and O–H groups in total. The third kappa shape index (κ3) is 6.23. The summed E-state index contributed by atoms with van der Waals surface area (Å²) in [5.41, 5.74) is 7.81. The Labute approximate surface area is 121 Å². The molecule has 1 rings (SSSR count). The molecule has 0 aromatic heterocycles. The molecule has 1 atom stereocenters. The van der Waals surface area contributed by atoms with Crippen molar-refractivity contribution in [3.63, 3.8) is 0 Å². The minimum atomic E-state index is 0.0704. The van der Waals surface area contributed by atoms with Gasteiger partial charge in [-0.1, -0.05) is 6.07 Å². The maximum atomic E-state index is 8.59. The van der Waals surface area contributed by atoms with E-state index in [0.29, 0.717) is 31.5 Å². The Morgan fingerprint density at radius 2 is 2.15 bits per heavy atom. The SMILES string of the molecule is CCOc1ccc(CC(C)NCCOCCO)cc1N. The van der Waals surface area contributed by atoms with Gasteiger partial charge in [0.2, 0.25) is 0 Å². The molecule has 5 nitrogen and oxygen atoms in total. The molecule has 0 aliphatic rings. The van der Waals surface area contributed by atoms with E-state index in [-0.39, 0.29) is 6.61 Å². The van der Waals surface area contributed by atoms with Crippen LogP contribution >= 0.6 is 0 Å². The molecule has 114 valence electrons. The Hall–Kier alpha value is -1.30. The summed E-state index contributed by atoms with van der Waals surface area (Å²) in [7, 11) is 0. The van der Waals surface area contributed by atoms with Crippen molar-refractivity contribution in [1.82, 2.24) is 5.32 Å². The van der Waals surface area contributed by atoms with Crippen molar-refractivity contribution >= 4 is 5.69 Å². The summed E-state index contributed by atoms with van der Waals surface area (Å²) in [4.78, 5) is 0. The topological polar surface area (TPSA) is 76.7 Å². The number of rotatable bonds is 10. The maximum absolute atomic E-state index is 8.59. The first kappa shape index (κ1) is 16.8. The lowest BCUT2D eigenvalue weighted by Crippen LogP contribution is -2.31. The summed E-state index contributed by atoms with van der Waals surface area (Å²) < 4.78 is 10.6. The average molecular weight is 282 g/mol. The van der Waals surface area contributed by atoms with Gasteiger partial charge in [-0.15, -0.1) is 0 Å². The lowest BCUT2D eigenvalue weighted by atomic mass is 10.1. The fourth-order valence-corrected chi connectivity index (χ4v) is 1.98. The van der Waals surface area contributed by atoms with Crippen LogP contribution in [0.2, 0.25) is 0 Å². The number of ether oxygens (including phenoxy) is 2. The number of nitrogens with two attached hydrogens (primary N) is 1. The van der Waals surface area contributed by atoms with Gasteiger partial charge in [0.25, 0.3) is 0 Å².